The Labute approximate surface area is 131 Å². The van der Waals surface area contributed by atoms with Crippen LogP contribution in [0.4, 0.5) is 0 Å². The summed E-state index contributed by atoms with van der Waals surface area (Å²) in [5.74, 6) is 0.517. The highest BCUT2D eigenvalue weighted by Gasteiger charge is 2.50. The number of pyridine rings is 1. The second-order valence-electron chi connectivity index (χ2n) is 6.32. The van der Waals surface area contributed by atoms with Crippen LogP contribution >= 0.6 is 0 Å². The monoisotopic (exact) mass is 325 g/mol. The Morgan fingerprint density at radius 1 is 1.45 bits per heavy atom. The normalized spacial score (nSPS) is 28.9. The molecule has 1 aromatic heterocycles. The summed E-state index contributed by atoms with van der Waals surface area (Å²) in [5, 5.41) is 0. The molecule has 3 heterocycles. The molecule has 122 valence electrons. The van der Waals surface area contributed by atoms with Crippen molar-refractivity contribution in [3.8, 4) is 0 Å². The molecule has 0 aliphatic carbocycles. The summed E-state index contributed by atoms with van der Waals surface area (Å²) < 4.78 is 31.9. The van der Waals surface area contributed by atoms with Gasteiger partial charge in [0.1, 0.15) is 0 Å². The quantitative estimate of drug-likeness (QED) is 0.823. The number of nitrogens with zero attached hydrogens (tertiary/aromatic N) is 2. The van der Waals surface area contributed by atoms with E-state index in [1.807, 2.05) is 12.1 Å². The van der Waals surface area contributed by atoms with Crippen LogP contribution in [0, 0.1) is 11.3 Å². The van der Waals surface area contributed by atoms with E-state index in [4.69, 9.17) is 4.74 Å². The molecule has 1 aromatic rings. The van der Waals surface area contributed by atoms with Gasteiger partial charge in [0.2, 0.25) is 10.0 Å². The van der Waals surface area contributed by atoms with Crippen LogP contribution in [0.5, 0.6) is 0 Å². The van der Waals surface area contributed by atoms with Crippen molar-refractivity contribution in [1.29, 1.82) is 0 Å². The third-order valence-electron chi connectivity index (χ3n) is 4.77. The van der Waals surface area contributed by atoms with E-state index in [9.17, 15) is 8.42 Å². The minimum absolute atomic E-state index is 0.0880. The molecule has 0 unspecified atom stereocenters. The van der Waals surface area contributed by atoms with E-state index in [2.05, 4.69) is 14.6 Å². The van der Waals surface area contributed by atoms with Gasteiger partial charge in [0.05, 0.1) is 19.0 Å². The average molecular weight is 325 g/mol. The van der Waals surface area contributed by atoms with Crippen LogP contribution in [-0.4, -0.2) is 56.9 Å². The molecule has 22 heavy (non-hydrogen) atoms. The van der Waals surface area contributed by atoms with E-state index in [-0.39, 0.29) is 11.2 Å². The van der Waals surface area contributed by atoms with Gasteiger partial charge in [-0.1, -0.05) is 0 Å². The van der Waals surface area contributed by atoms with E-state index in [0.717, 1.165) is 26.2 Å². The molecule has 0 saturated carbocycles. The van der Waals surface area contributed by atoms with Crippen molar-refractivity contribution in [2.75, 3.05) is 38.6 Å². The van der Waals surface area contributed by atoms with Gasteiger partial charge in [0, 0.05) is 49.9 Å². The number of likely N-dealkylation sites (tertiary alicyclic amines) is 1. The van der Waals surface area contributed by atoms with Gasteiger partial charge in [-0.25, -0.2) is 13.1 Å². The van der Waals surface area contributed by atoms with Crippen LogP contribution in [0.2, 0.25) is 0 Å². The second-order valence-corrected chi connectivity index (χ2v) is 8.42. The Morgan fingerprint density at radius 2 is 2.23 bits per heavy atom. The standard InChI is InChI=1S/C15H23N3O3S/c1-2-22(19,20)17-10-15-11-18(8-14(15)9-21-12-15)7-13-3-5-16-6-4-13/h3-6,14,17H,2,7-12H2,1H3/t14-,15+/m1/s1. The number of hydrogen-bond donors (Lipinski definition) is 1. The zero-order valence-electron chi connectivity index (χ0n) is 12.9. The average Bonchev–Trinajstić information content (AvgIpc) is 3.03. The minimum Gasteiger partial charge on any atom is -0.380 e. The van der Waals surface area contributed by atoms with Crippen LogP contribution in [-0.2, 0) is 21.3 Å². The van der Waals surface area contributed by atoms with Crippen molar-refractivity contribution in [3.63, 3.8) is 0 Å². The van der Waals surface area contributed by atoms with Crippen LogP contribution < -0.4 is 4.72 Å². The molecule has 7 heteroatoms. The first kappa shape index (κ1) is 15.9. The molecule has 1 N–H and O–H groups in total. The smallest absolute Gasteiger partial charge is 0.211 e. The first-order chi connectivity index (χ1) is 10.5. The van der Waals surface area contributed by atoms with Crippen molar-refractivity contribution < 1.29 is 13.2 Å². The Bertz CT molecular complexity index is 608. The molecule has 0 bridgehead atoms. The third-order valence-corrected chi connectivity index (χ3v) is 6.12. The maximum absolute atomic E-state index is 11.7. The number of sulfonamides is 1. The van der Waals surface area contributed by atoms with Crippen LogP contribution in [0.1, 0.15) is 12.5 Å². The number of hydrogen-bond acceptors (Lipinski definition) is 5. The maximum atomic E-state index is 11.7. The largest absolute Gasteiger partial charge is 0.380 e. The van der Waals surface area contributed by atoms with Gasteiger partial charge in [-0.05, 0) is 24.6 Å². The fourth-order valence-electron chi connectivity index (χ4n) is 3.42. The molecule has 0 radical (unpaired) electrons. The molecule has 2 fully saturated rings. The summed E-state index contributed by atoms with van der Waals surface area (Å²) in [6.45, 7) is 6.19. The van der Waals surface area contributed by atoms with Gasteiger partial charge in [-0.2, -0.15) is 0 Å². The summed E-state index contributed by atoms with van der Waals surface area (Å²) >= 11 is 0. The predicted octanol–water partition coefficient (Wildman–Crippen LogP) is 0.469. The van der Waals surface area contributed by atoms with Crippen molar-refractivity contribution in [1.82, 2.24) is 14.6 Å². The lowest BCUT2D eigenvalue weighted by atomic mass is 9.81. The Balaban J connectivity index is 1.66. The molecule has 2 aliphatic heterocycles. The molecular formula is C15H23N3O3S. The van der Waals surface area contributed by atoms with Crippen molar-refractivity contribution in [2.45, 2.75) is 13.5 Å². The summed E-state index contributed by atoms with van der Waals surface area (Å²) in [5.41, 5.74) is 1.15. The van der Waals surface area contributed by atoms with Gasteiger partial charge >= 0.3 is 0 Å². The van der Waals surface area contributed by atoms with Gasteiger partial charge in [-0.15, -0.1) is 0 Å². The maximum Gasteiger partial charge on any atom is 0.211 e. The lowest BCUT2D eigenvalue weighted by molar-refractivity contribution is 0.128. The summed E-state index contributed by atoms with van der Waals surface area (Å²) in [6.07, 6.45) is 3.61. The van der Waals surface area contributed by atoms with E-state index >= 15 is 0 Å². The molecule has 0 aromatic carbocycles. The number of fused-ring (bicyclic) bond motifs is 1. The highest BCUT2D eigenvalue weighted by atomic mass is 32.2. The number of aromatic nitrogens is 1. The van der Waals surface area contributed by atoms with E-state index in [0.29, 0.717) is 19.1 Å². The predicted molar refractivity (Wildman–Crippen MR) is 83.7 cm³/mol. The van der Waals surface area contributed by atoms with Gasteiger partial charge in [0.25, 0.3) is 0 Å². The van der Waals surface area contributed by atoms with Gasteiger partial charge < -0.3 is 4.74 Å². The van der Waals surface area contributed by atoms with Crippen LogP contribution in [0.3, 0.4) is 0 Å². The van der Waals surface area contributed by atoms with Crippen molar-refractivity contribution in [2.24, 2.45) is 11.3 Å². The first-order valence-electron chi connectivity index (χ1n) is 7.69. The molecule has 2 atom stereocenters. The zero-order chi connectivity index (χ0) is 15.6. The lowest BCUT2D eigenvalue weighted by Crippen LogP contribution is -2.43. The zero-order valence-corrected chi connectivity index (χ0v) is 13.7. The summed E-state index contributed by atoms with van der Waals surface area (Å²) in [6, 6.07) is 4.05. The van der Waals surface area contributed by atoms with Crippen molar-refractivity contribution >= 4 is 10.0 Å². The highest BCUT2D eigenvalue weighted by molar-refractivity contribution is 7.89. The molecular weight excluding hydrogens is 302 g/mol. The van der Waals surface area contributed by atoms with E-state index in [1.54, 1.807) is 19.3 Å². The fraction of sp³-hybridized carbons (Fsp3) is 0.667. The van der Waals surface area contributed by atoms with Gasteiger partial charge in [-0.3, -0.25) is 9.88 Å². The van der Waals surface area contributed by atoms with Crippen LogP contribution in [0.15, 0.2) is 24.5 Å². The fourth-order valence-corrected chi connectivity index (χ4v) is 4.13. The Morgan fingerprint density at radius 3 is 2.95 bits per heavy atom. The molecule has 2 saturated heterocycles. The highest BCUT2D eigenvalue weighted by Crippen LogP contribution is 2.41. The number of rotatable bonds is 6. The molecule has 0 spiro atoms. The van der Waals surface area contributed by atoms with Crippen LogP contribution in [0.25, 0.3) is 0 Å². The number of ether oxygens (including phenoxy) is 1. The minimum atomic E-state index is -3.16. The summed E-state index contributed by atoms with van der Waals surface area (Å²) in [4.78, 5) is 6.43. The Kier molecular flexibility index (Phi) is 4.49. The summed E-state index contributed by atoms with van der Waals surface area (Å²) in [7, 11) is -3.16. The Hall–Kier alpha value is -1.02. The number of nitrogens with one attached hydrogen (secondary N) is 1. The van der Waals surface area contributed by atoms with E-state index in [1.165, 1.54) is 5.56 Å². The van der Waals surface area contributed by atoms with Gasteiger partial charge in [0.15, 0.2) is 0 Å². The van der Waals surface area contributed by atoms with Crippen molar-refractivity contribution in [3.05, 3.63) is 30.1 Å². The topological polar surface area (TPSA) is 71.5 Å². The lowest BCUT2D eigenvalue weighted by Gasteiger charge is -2.27. The molecule has 2 aliphatic rings. The SMILES string of the molecule is CCS(=O)(=O)NC[C@]12COC[C@H]1CN(Cc1ccncc1)C2. The first-order valence-corrected chi connectivity index (χ1v) is 9.34. The second kappa shape index (κ2) is 6.23. The molecule has 0 amide bonds. The van der Waals surface area contributed by atoms with E-state index < -0.39 is 10.0 Å². The molecule has 6 nitrogen and oxygen atoms in total. The molecule has 3 rings (SSSR count). The third kappa shape index (κ3) is 3.32.